The lowest BCUT2D eigenvalue weighted by Crippen LogP contribution is -2.22. The lowest BCUT2D eigenvalue weighted by atomic mass is 10.1. The summed E-state index contributed by atoms with van der Waals surface area (Å²) in [5.74, 6) is 1.54. The van der Waals surface area contributed by atoms with Gasteiger partial charge in [-0.15, -0.1) is 0 Å². The van der Waals surface area contributed by atoms with E-state index in [1.165, 1.54) is 0 Å². The molecule has 1 saturated carbocycles. The van der Waals surface area contributed by atoms with Crippen molar-refractivity contribution in [3.05, 3.63) is 50.9 Å². The SMILES string of the molecule is CN1C=C2C(c3noc(C4CC4)n3)=NCN2c2cccc(I)c2C1=O. The second-order valence-corrected chi connectivity index (χ2v) is 7.53. The molecule has 0 bridgehead atoms. The van der Waals surface area contributed by atoms with Crippen LogP contribution in [0.15, 0.2) is 39.6 Å². The van der Waals surface area contributed by atoms with Crippen LogP contribution in [0.25, 0.3) is 0 Å². The van der Waals surface area contributed by atoms with Crippen LogP contribution in [0.3, 0.4) is 0 Å². The molecule has 8 heteroatoms. The van der Waals surface area contributed by atoms with Crippen LogP contribution in [-0.4, -0.2) is 40.4 Å². The predicted molar refractivity (Wildman–Crippen MR) is 99.5 cm³/mol. The molecule has 1 aromatic carbocycles. The van der Waals surface area contributed by atoms with Gasteiger partial charge in [0, 0.05) is 22.7 Å². The number of nitrogens with zero attached hydrogens (tertiary/aromatic N) is 5. The monoisotopic (exact) mass is 447 g/mol. The number of hydrogen-bond donors (Lipinski definition) is 0. The van der Waals surface area contributed by atoms with Gasteiger partial charge in [-0.3, -0.25) is 9.79 Å². The van der Waals surface area contributed by atoms with E-state index >= 15 is 0 Å². The normalized spacial score (nSPS) is 19.4. The van der Waals surface area contributed by atoms with Gasteiger partial charge in [0.05, 0.1) is 16.9 Å². The number of hydrogen-bond acceptors (Lipinski definition) is 6. The van der Waals surface area contributed by atoms with Crippen LogP contribution < -0.4 is 4.90 Å². The first-order chi connectivity index (χ1) is 12.1. The van der Waals surface area contributed by atoms with Crippen LogP contribution in [0.4, 0.5) is 5.69 Å². The molecule has 1 fully saturated rings. The van der Waals surface area contributed by atoms with Gasteiger partial charge in [0.1, 0.15) is 12.4 Å². The summed E-state index contributed by atoms with van der Waals surface area (Å²) >= 11 is 2.20. The zero-order chi connectivity index (χ0) is 17.1. The maximum absolute atomic E-state index is 12.8. The molecule has 0 atom stereocenters. The molecule has 0 radical (unpaired) electrons. The number of allylic oxidation sites excluding steroid dienone is 1. The molecule has 3 heterocycles. The highest BCUT2D eigenvalue weighted by Gasteiger charge is 2.36. The van der Waals surface area contributed by atoms with Gasteiger partial charge >= 0.3 is 0 Å². The molecule has 25 heavy (non-hydrogen) atoms. The highest BCUT2D eigenvalue weighted by Crippen LogP contribution is 2.39. The Hall–Kier alpha value is -2.23. The second-order valence-electron chi connectivity index (χ2n) is 6.37. The van der Waals surface area contributed by atoms with E-state index in [1.54, 1.807) is 18.1 Å². The van der Waals surface area contributed by atoms with Crippen molar-refractivity contribution in [2.45, 2.75) is 18.8 Å². The van der Waals surface area contributed by atoms with Gasteiger partial charge in [-0.1, -0.05) is 11.2 Å². The smallest absolute Gasteiger partial charge is 0.260 e. The van der Waals surface area contributed by atoms with Crippen LogP contribution >= 0.6 is 22.6 Å². The number of anilines is 1. The van der Waals surface area contributed by atoms with E-state index in [0.717, 1.165) is 27.8 Å². The average Bonchev–Trinajstić information content (AvgIpc) is 3.22. The maximum Gasteiger partial charge on any atom is 0.260 e. The zero-order valence-electron chi connectivity index (χ0n) is 13.4. The summed E-state index contributed by atoms with van der Waals surface area (Å²) in [5.41, 5.74) is 3.04. The van der Waals surface area contributed by atoms with Crippen molar-refractivity contribution in [1.82, 2.24) is 15.0 Å². The Labute approximate surface area is 157 Å². The molecule has 126 valence electrons. The molecule has 1 aromatic heterocycles. The Morgan fingerprint density at radius 1 is 1.32 bits per heavy atom. The standard InChI is InChI=1S/C17H14IN5O2/c1-22-7-12-14(15-20-16(25-21-15)9-5-6-9)19-8-23(12)11-4-2-3-10(18)13(11)17(22)24/h2-4,7,9H,5-6,8H2,1H3. The van der Waals surface area contributed by atoms with Crippen LogP contribution in [0.5, 0.6) is 0 Å². The Balaban J connectivity index is 1.60. The number of halogens is 1. The molecule has 1 aliphatic carbocycles. The molecule has 0 N–H and O–H groups in total. The molecule has 7 nitrogen and oxygen atoms in total. The second kappa shape index (κ2) is 5.38. The van der Waals surface area contributed by atoms with E-state index in [4.69, 9.17) is 4.52 Å². The van der Waals surface area contributed by atoms with Gasteiger partial charge < -0.3 is 14.3 Å². The number of rotatable bonds is 2. The fourth-order valence-electron chi connectivity index (χ4n) is 3.14. The first-order valence-electron chi connectivity index (χ1n) is 8.07. The number of carbonyl (C=O) groups is 1. The number of amides is 1. The average molecular weight is 447 g/mol. The third-order valence-electron chi connectivity index (χ3n) is 4.62. The van der Waals surface area contributed by atoms with Crippen molar-refractivity contribution in [2.24, 2.45) is 4.99 Å². The Morgan fingerprint density at radius 3 is 2.96 bits per heavy atom. The van der Waals surface area contributed by atoms with Crippen LogP contribution in [0, 0.1) is 3.57 Å². The van der Waals surface area contributed by atoms with Gasteiger partial charge in [-0.25, -0.2) is 0 Å². The maximum atomic E-state index is 12.8. The molecule has 0 saturated heterocycles. The van der Waals surface area contributed by atoms with Gasteiger partial charge in [0.25, 0.3) is 5.91 Å². The van der Waals surface area contributed by atoms with Crippen molar-refractivity contribution >= 4 is 39.9 Å². The van der Waals surface area contributed by atoms with E-state index in [-0.39, 0.29) is 5.91 Å². The first-order valence-corrected chi connectivity index (χ1v) is 9.15. The largest absolute Gasteiger partial charge is 0.339 e. The summed E-state index contributed by atoms with van der Waals surface area (Å²) in [4.78, 5) is 25.6. The summed E-state index contributed by atoms with van der Waals surface area (Å²) in [7, 11) is 1.76. The van der Waals surface area contributed by atoms with Crippen LogP contribution in [0.1, 0.15) is 40.8 Å². The highest BCUT2D eigenvalue weighted by molar-refractivity contribution is 14.1. The molecule has 3 aliphatic rings. The number of benzene rings is 1. The third-order valence-corrected chi connectivity index (χ3v) is 5.52. The van der Waals surface area contributed by atoms with Gasteiger partial charge in [0.2, 0.25) is 11.7 Å². The first kappa shape index (κ1) is 15.1. The summed E-state index contributed by atoms with van der Waals surface area (Å²) in [6.07, 6.45) is 4.01. The van der Waals surface area contributed by atoms with E-state index in [1.807, 2.05) is 23.1 Å². The Kier molecular flexibility index (Phi) is 3.24. The van der Waals surface area contributed by atoms with Gasteiger partial charge in [-0.2, -0.15) is 4.98 Å². The lowest BCUT2D eigenvalue weighted by molar-refractivity contribution is 0.0851. The fourth-order valence-corrected chi connectivity index (χ4v) is 3.86. The molecule has 0 spiro atoms. The molecule has 0 unspecified atom stereocenters. The summed E-state index contributed by atoms with van der Waals surface area (Å²) in [6, 6.07) is 5.84. The minimum absolute atomic E-state index is 0.0342. The summed E-state index contributed by atoms with van der Waals surface area (Å²) in [6.45, 7) is 0.433. The molecule has 5 rings (SSSR count). The summed E-state index contributed by atoms with van der Waals surface area (Å²) in [5, 5.41) is 4.11. The number of carbonyl (C=O) groups excluding carboxylic acids is 1. The van der Waals surface area contributed by atoms with Crippen LogP contribution in [0.2, 0.25) is 0 Å². The third kappa shape index (κ3) is 2.30. The number of aliphatic imine (C=N–C) groups is 1. The Morgan fingerprint density at radius 2 is 2.16 bits per heavy atom. The van der Waals surface area contributed by atoms with Crippen molar-refractivity contribution in [2.75, 3.05) is 18.6 Å². The molecule has 2 aliphatic heterocycles. The number of aromatic nitrogens is 2. The van der Waals surface area contributed by atoms with E-state index in [0.29, 0.717) is 35.6 Å². The number of fused-ring (bicyclic) bond motifs is 3. The molecule has 2 aromatic rings. The summed E-state index contributed by atoms with van der Waals surface area (Å²) < 4.78 is 6.30. The van der Waals surface area contributed by atoms with Crippen molar-refractivity contribution in [1.29, 1.82) is 0 Å². The molecule has 1 amide bonds. The quantitative estimate of drug-likeness (QED) is 0.663. The van der Waals surface area contributed by atoms with E-state index in [2.05, 4.69) is 37.7 Å². The van der Waals surface area contributed by atoms with Crippen molar-refractivity contribution in [3.63, 3.8) is 0 Å². The predicted octanol–water partition coefficient (Wildman–Crippen LogP) is 2.75. The van der Waals surface area contributed by atoms with Crippen LogP contribution in [-0.2, 0) is 0 Å². The lowest BCUT2D eigenvalue weighted by Gasteiger charge is -2.20. The van der Waals surface area contributed by atoms with Crippen molar-refractivity contribution in [3.8, 4) is 0 Å². The van der Waals surface area contributed by atoms with Crippen molar-refractivity contribution < 1.29 is 9.32 Å². The molecular formula is C17H14IN5O2. The minimum Gasteiger partial charge on any atom is -0.339 e. The van der Waals surface area contributed by atoms with Gasteiger partial charge in [0.15, 0.2) is 0 Å². The minimum atomic E-state index is -0.0342. The van der Waals surface area contributed by atoms with Gasteiger partial charge in [-0.05, 0) is 47.6 Å². The van der Waals surface area contributed by atoms with E-state index < -0.39 is 0 Å². The molecular weight excluding hydrogens is 433 g/mol. The van der Waals surface area contributed by atoms with E-state index in [9.17, 15) is 4.79 Å². The highest BCUT2D eigenvalue weighted by atomic mass is 127. The Bertz CT molecular complexity index is 960. The zero-order valence-corrected chi connectivity index (χ0v) is 15.6. The fraction of sp³-hybridized carbons (Fsp3) is 0.294. The topological polar surface area (TPSA) is 74.8 Å².